The van der Waals surface area contributed by atoms with E-state index in [9.17, 15) is 8.42 Å². The molecule has 6 nitrogen and oxygen atoms in total. The second-order valence-electron chi connectivity index (χ2n) is 4.56. The second-order valence-corrected chi connectivity index (χ2v) is 7.68. The fourth-order valence-electron chi connectivity index (χ4n) is 1.95. The van der Waals surface area contributed by atoms with Crippen molar-refractivity contribution in [3.05, 3.63) is 0 Å². The van der Waals surface area contributed by atoms with Crippen molar-refractivity contribution >= 4 is 26.5 Å². The van der Waals surface area contributed by atoms with Gasteiger partial charge in [-0.25, -0.2) is 8.42 Å². The summed E-state index contributed by atoms with van der Waals surface area (Å²) < 4.78 is 25.9. The Morgan fingerprint density at radius 2 is 2.18 bits per heavy atom. The monoisotopic (exact) mass is 276 g/mol. The number of rotatable bonds is 3. The third-order valence-corrected chi connectivity index (χ3v) is 6.08. The van der Waals surface area contributed by atoms with Gasteiger partial charge in [0, 0.05) is 13.1 Å². The van der Waals surface area contributed by atoms with Crippen molar-refractivity contribution in [1.29, 1.82) is 0 Å². The van der Waals surface area contributed by atoms with Gasteiger partial charge in [0.05, 0.1) is 0 Å². The zero-order chi connectivity index (χ0) is 12.6. The highest BCUT2D eigenvalue weighted by Crippen LogP contribution is 2.29. The molecule has 0 bridgehead atoms. The molecule has 1 saturated heterocycles. The van der Waals surface area contributed by atoms with Gasteiger partial charge < -0.3 is 5.73 Å². The van der Waals surface area contributed by atoms with E-state index in [1.54, 1.807) is 0 Å². The van der Waals surface area contributed by atoms with Gasteiger partial charge in [-0.05, 0) is 18.3 Å². The second kappa shape index (κ2) is 4.51. The van der Waals surface area contributed by atoms with Crippen LogP contribution in [0.2, 0.25) is 0 Å². The van der Waals surface area contributed by atoms with Gasteiger partial charge in [-0.2, -0.15) is 4.31 Å². The Bertz CT molecular complexity index is 497. The lowest BCUT2D eigenvalue weighted by Crippen LogP contribution is -2.29. The molecule has 1 aliphatic rings. The van der Waals surface area contributed by atoms with Crippen LogP contribution < -0.4 is 5.73 Å². The van der Waals surface area contributed by atoms with Gasteiger partial charge in [0.15, 0.2) is 0 Å². The Kier molecular flexibility index (Phi) is 3.37. The third-order valence-electron chi connectivity index (χ3n) is 3.11. The minimum Gasteiger partial charge on any atom is -0.374 e. The Morgan fingerprint density at radius 3 is 2.65 bits per heavy atom. The molecule has 1 aliphatic heterocycles. The third kappa shape index (κ3) is 2.43. The quantitative estimate of drug-likeness (QED) is 0.881. The van der Waals surface area contributed by atoms with Crippen molar-refractivity contribution < 1.29 is 8.42 Å². The molecule has 0 aliphatic carbocycles. The van der Waals surface area contributed by atoms with Crippen LogP contribution in [0, 0.1) is 11.8 Å². The van der Waals surface area contributed by atoms with Gasteiger partial charge in [-0.3, -0.25) is 0 Å². The fraction of sp³-hybridized carbons (Fsp3) is 0.778. The SMILES string of the molecule is CC(C)C1CCN(S(=O)(=O)c2nnc(N)s2)C1. The van der Waals surface area contributed by atoms with Gasteiger partial charge in [0.1, 0.15) is 0 Å². The minimum atomic E-state index is -3.49. The molecular weight excluding hydrogens is 260 g/mol. The summed E-state index contributed by atoms with van der Waals surface area (Å²) in [6.07, 6.45) is 0.908. The Labute approximate surface area is 105 Å². The molecule has 2 rings (SSSR count). The molecule has 2 heterocycles. The topological polar surface area (TPSA) is 89.2 Å². The molecule has 1 aromatic heterocycles. The van der Waals surface area contributed by atoms with Crippen LogP contribution in [0.5, 0.6) is 0 Å². The predicted octanol–water partition coefficient (Wildman–Crippen LogP) is 0.787. The maximum absolute atomic E-state index is 12.2. The van der Waals surface area contributed by atoms with E-state index in [4.69, 9.17) is 5.73 Å². The molecule has 1 atom stereocenters. The number of nitrogens with zero attached hydrogens (tertiary/aromatic N) is 3. The average molecular weight is 276 g/mol. The Balaban J connectivity index is 2.18. The van der Waals surface area contributed by atoms with E-state index >= 15 is 0 Å². The molecule has 1 fully saturated rings. The smallest absolute Gasteiger partial charge is 0.272 e. The first-order valence-electron chi connectivity index (χ1n) is 5.50. The first kappa shape index (κ1) is 12.7. The highest BCUT2D eigenvalue weighted by molar-refractivity contribution is 7.91. The Morgan fingerprint density at radius 1 is 1.47 bits per heavy atom. The minimum absolute atomic E-state index is 0.000550. The molecule has 96 valence electrons. The molecule has 0 spiro atoms. The molecule has 8 heteroatoms. The maximum Gasteiger partial charge on any atom is 0.272 e. The Hall–Kier alpha value is -0.730. The summed E-state index contributed by atoms with van der Waals surface area (Å²) in [5.74, 6) is 0.921. The van der Waals surface area contributed by atoms with Crippen molar-refractivity contribution in [2.24, 2.45) is 11.8 Å². The summed E-state index contributed by atoms with van der Waals surface area (Å²) in [5.41, 5.74) is 5.41. The van der Waals surface area contributed by atoms with E-state index in [2.05, 4.69) is 24.0 Å². The van der Waals surface area contributed by atoms with Gasteiger partial charge in [0.2, 0.25) is 9.47 Å². The van der Waals surface area contributed by atoms with Gasteiger partial charge in [-0.1, -0.05) is 25.2 Å². The predicted molar refractivity (Wildman–Crippen MR) is 66.0 cm³/mol. The van der Waals surface area contributed by atoms with Crippen LogP contribution in [0.25, 0.3) is 0 Å². The molecule has 0 aromatic carbocycles. The molecule has 1 unspecified atom stereocenters. The van der Waals surface area contributed by atoms with Crippen molar-refractivity contribution in [1.82, 2.24) is 14.5 Å². The maximum atomic E-state index is 12.2. The lowest BCUT2D eigenvalue weighted by molar-refractivity contribution is 0.388. The molecule has 1 aromatic rings. The van der Waals surface area contributed by atoms with Gasteiger partial charge in [0.25, 0.3) is 10.0 Å². The number of anilines is 1. The molecule has 2 N–H and O–H groups in total. The van der Waals surface area contributed by atoms with E-state index in [-0.39, 0.29) is 9.47 Å². The summed E-state index contributed by atoms with van der Waals surface area (Å²) in [6, 6.07) is 0. The van der Waals surface area contributed by atoms with E-state index in [1.807, 2.05) is 0 Å². The molecular formula is C9H16N4O2S2. The van der Waals surface area contributed by atoms with Crippen molar-refractivity contribution in [2.75, 3.05) is 18.8 Å². The van der Waals surface area contributed by atoms with Crippen LogP contribution in [0.1, 0.15) is 20.3 Å². The molecule has 17 heavy (non-hydrogen) atoms. The zero-order valence-corrected chi connectivity index (χ0v) is 11.5. The molecule has 0 saturated carbocycles. The largest absolute Gasteiger partial charge is 0.374 e. The first-order chi connectivity index (χ1) is 7.91. The van der Waals surface area contributed by atoms with Crippen LogP contribution in [0.4, 0.5) is 5.13 Å². The number of aromatic nitrogens is 2. The summed E-state index contributed by atoms with van der Waals surface area (Å²) >= 11 is 0.917. The van der Waals surface area contributed by atoms with Crippen molar-refractivity contribution in [2.45, 2.75) is 24.6 Å². The lowest BCUT2D eigenvalue weighted by atomic mass is 9.96. The fourth-order valence-corrected chi connectivity index (χ4v) is 4.39. The summed E-state index contributed by atoms with van der Waals surface area (Å²) in [5, 5.41) is 7.35. The summed E-state index contributed by atoms with van der Waals surface area (Å²) in [7, 11) is -3.49. The van der Waals surface area contributed by atoms with Crippen molar-refractivity contribution in [3.63, 3.8) is 0 Å². The van der Waals surface area contributed by atoms with Crippen LogP contribution >= 0.6 is 11.3 Å². The summed E-state index contributed by atoms with van der Waals surface area (Å²) in [4.78, 5) is 0. The number of nitrogens with two attached hydrogens (primary N) is 1. The van der Waals surface area contributed by atoms with Crippen molar-refractivity contribution in [3.8, 4) is 0 Å². The van der Waals surface area contributed by atoms with Gasteiger partial charge >= 0.3 is 0 Å². The average Bonchev–Trinajstić information content (AvgIpc) is 2.85. The van der Waals surface area contributed by atoms with E-state index in [0.717, 1.165) is 17.8 Å². The van der Waals surface area contributed by atoms with E-state index in [0.29, 0.717) is 24.9 Å². The normalized spacial score (nSPS) is 22.4. The van der Waals surface area contributed by atoms with Crippen LogP contribution in [-0.2, 0) is 10.0 Å². The van der Waals surface area contributed by atoms with Crippen LogP contribution in [0.3, 0.4) is 0 Å². The van der Waals surface area contributed by atoms with Crippen LogP contribution in [0.15, 0.2) is 4.34 Å². The molecule has 0 amide bonds. The molecule has 0 radical (unpaired) electrons. The highest BCUT2D eigenvalue weighted by atomic mass is 32.2. The van der Waals surface area contributed by atoms with E-state index < -0.39 is 10.0 Å². The lowest BCUT2D eigenvalue weighted by Gasteiger charge is -2.16. The number of hydrogen-bond acceptors (Lipinski definition) is 6. The number of hydrogen-bond donors (Lipinski definition) is 1. The zero-order valence-electron chi connectivity index (χ0n) is 9.83. The standard InChI is InChI=1S/C9H16N4O2S2/c1-6(2)7-3-4-13(5-7)17(14,15)9-12-11-8(10)16-9/h6-7H,3-5H2,1-2H3,(H2,10,11). The summed E-state index contributed by atoms with van der Waals surface area (Å²) in [6.45, 7) is 5.36. The number of sulfonamides is 1. The van der Waals surface area contributed by atoms with Crippen LogP contribution in [-0.4, -0.2) is 36.0 Å². The highest BCUT2D eigenvalue weighted by Gasteiger charge is 2.35. The first-order valence-corrected chi connectivity index (χ1v) is 7.76. The van der Waals surface area contributed by atoms with E-state index in [1.165, 1.54) is 4.31 Å². The number of nitrogen functional groups attached to an aromatic ring is 1. The van der Waals surface area contributed by atoms with Gasteiger partial charge in [-0.15, -0.1) is 10.2 Å².